The molecular weight excluding hydrogens is 282 g/mol. The van der Waals surface area contributed by atoms with Gasteiger partial charge in [-0.2, -0.15) is 0 Å². The second-order valence-electron chi connectivity index (χ2n) is 6.20. The number of benzene rings is 1. The molecule has 1 aromatic carbocycles. The van der Waals surface area contributed by atoms with Gasteiger partial charge in [-0.25, -0.2) is 0 Å². The molecule has 0 unspecified atom stereocenters. The van der Waals surface area contributed by atoms with Crippen LogP contribution in [0.1, 0.15) is 52.7 Å². The van der Waals surface area contributed by atoms with Crippen LogP contribution in [0.4, 0.5) is 0 Å². The Morgan fingerprint density at radius 1 is 0.824 bits per heavy atom. The molecule has 0 bridgehead atoms. The zero-order chi connectivity index (χ0) is 11.9. The first-order valence-electron chi connectivity index (χ1n) is 5.47. The SMILES string of the molecule is CC(C)(C)c1cccc(C(C)(C)C)c1O.[CH3-].[Rb+]. The number of phenolic OH excluding ortho intramolecular Hbond substituents is 1. The van der Waals surface area contributed by atoms with E-state index in [1.54, 1.807) is 0 Å². The van der Waals surface area contributed by atoms with Crippen LogP contribution in [0.25, 0.3) is 0 Å². The Kier molecular flexibility index (Phi) is 8.10. The molecule has 0 saturated carbocycles. The number of phenols is 1. The van der Waals surface area contributed by atoms with Gasteiger partial charge in [0, 0.05) is 0 Å². The predicted molar refractivity (Wildman–Crippen MR) is 71.9 cm³/mol. The van der Waals surface area contributed by atoms with Crippen molar-refractivity contribution in [3.05, 3.63) is 36.8 Å². The smallest absolute Gasteiger partial charge is 0.507 e. The molecule has 1 N–H and O–H groups in total. The molecule has 2 heteroatoms. The van der Waals surface area contributed by atoms with E-state index in [0.29, 0.717) is 5.75 Å². The summed E-state index contributed by atoms with van der Waals surface area (Å²) in [6.07, 6.45) is 0. The molecule has 17 heavy (non-hydrogen) atoms. The van der Waals surface area contributed by atoms with Crippen LogP contribution in [-0.4, -0.2) is 5.11 Å². The van der Waals surface area contributed by atoms with E-state index in [4.69, 9.17) is 0 Å². The topological polar surface area (TPSA) is 20.2 Å². The van der Waals surface area contributed by atoms with Crippen LogP contribution >= 0.6 is 0 Å². The fourth-order valence-corrected chi connectivity index (χ4v) is 1.75. The van der Waals surface area contributed by atoms with Crippen molar-refractivity contribution < 1.29 is 63.3 Å². The number of rotatable bonds is 0. The quantitative estimate of drug-likeness (QED) is 0.719. The Morgan fingerprint density at radius 3 is 1.35 bits per heavy atom. The minimum Gasteiger partial charge on any atom is -0.507 e. The van der Waals surface area contributed by atoms with E-state index in [9.17, 15) is 5.11 Å². The molecule has 1 nitrogen and oxygen atoms in total. The maximum Gasteiger partial charge on any atom is 1.00 e. The van der Waals surface area contributed by atoms with Gasteiger partial charge in [-0.1, -0.05) is 59.7 Å². The minimum atomic E-state index is -0.00859. The van der Waals surface area contributed by atoms with Crippen molar-refractivity contribution >= 4 is 0 Å². The fraction of sp³-hybridized carbons (Fsp3) is 0.533. The molecule has 0 saturated heterocycles. The zero-order valence-corrected chi connectivity index (χ0v) is 17.6. The molecule has 0 aliphatic carbocycles. The molecule has 92 valence electrons. The van der Waals surface area contributed by atoms with Crippen LogP contribution < -0.4 is 58.2 Å². The van der Waals surface area contributed by atoms with Gasteiger partial charge in [0.1, 0.15) is 5.75 Å². The maximum absolute atomic E-state index is 10.3. The van der Waals surface area contributed by atoms with Crippen molar-refractivity contribution in [2.24, 2.45) is 0 Å². The number of aromatic hydroxyl groups is 1. The van der Waals surface area contributed by atoms with Gasteiger partial charge in [0.05, 0.1) is 0 Å². The molecule has 0 aliphatic rings. The van der Waals surface area contributed by atoms with Crippen molar-refractivity contribution in [2.75, 3.05) is 0 Å². The third-order valence-electron chi connectivity index (χ3n) is 2.65. The first-order valence-corrected chi connectivity index (χ1v) is 5.47. The maximum atomic E-state index is 10.3. The molecule has 0 amide bonds. The van der Waals surface area contributed by atoms with Crippen LogP contribution in [0, 0.1) is 7.43 Å². The van der Waals surface area contributed by atoms with E-state index in [2.05, 4.69) is 41.5 Å². The summed E-state index contributed by atoms with van der Waals surface area (Å²) in [5.74, 6) is 0.456. The molecule has 0 radical (unpaired) electrons. The van der Waals surface area contributed by atoms with E-state index in [-0.39, 0.29) is 76.4 Å². The third kappa shape index (κ3) is 5.14. The Labute approximate surface area is 156 Å². The van der Waals surface area contributed by atoms with Gasteiger partial charge >= 0.3 is 58.2 Å². The van der Waals surface area contributed by atoms with Gasteiger partial charge in [-0.05, 0) is 22.0 Å². The summed E-state index contributed by atoms with van der Waals surface area (Å²) in [6.45, 7) is 12.7. The molecule has 0 aliphatic heterocycles. The van der Waals surface area contributed by atoms with Crippen LogP contribution in [0.15, 0.2) is 18.2 Å². The second kappa shape index (κ2) is 6.84. The monoisotopic (exact) mass is 306 g/mol. The molecular formula is C15H25ORb. The first-order chi connectivity index (χ1) is 6.64. The van der Waals surface area contributed by atoms with Crippen LogP contribution in [-0.2, 0) is 10.8 Å². The van der Waals surface area contributed by atoms with Gasteiger partial charge in [0.25, 0.3) is 0 Å². The molecule has 0 heterocycles. The fourth-order valence-electron chi connectivity index (χ4n) is 1.75. The summed E-state index contributed by atoms with van der Waals surface area (Å²) in [6, 6.07) is 6.04. The van der Waals surface area contributed by atoms with Crippen LogP contribution in [0.2, 0.25) is 0 Å². The number of hydrogen-bond acceptors (Lipinski definition) is 1. The molecule has 0 aromatic heterocycles. The van der Waals surface area contributed by atoms with Crippen molar-refractivity contribution in [1.29, 1.82) is 0 Å². The van der Waals surface area contributed by atoms with Gasteiger partial charge < -0.3 is 12.5 Å². The number of para-hydroxylation sites is 1. The van der Waals surface area contributed by atoms with Crippen LogP contribution in [0.5, 0.6) is 5.75 Å². The standard InChI is InChI=1S/C14H22O.CH3.Rb/c1-13(2,3)10-8-7-9-11(12(10)15)14(4,5)6;;/h7-9,15H,1-6H3;1H3;/q;-1;+1. The van der Waals surface area contributed by atoms with E-state index in [1.807, 2.05) is 18.2 Å². The number of hydrogen-bond donors (Lipinski definition) is 1. The Hall–Kier alpha value is 0.825. The Bertz CT molecular complexity index is 324. The first kappa shape index (κ1) is 20.1. The average molecular weight is 307 g/mol. The zero-order valence-electron chi connectivity index (χ0n) is 12.7. The largest absolute Gasteiger partial charge is 1.00 e. The Morgan fingerprint density at radius 2 is 1.12 bits per heavy atom. The second-order valence-corrected chi connectivity index (χ2v) is 6.20. The molecule has 0 atom stereocenters. The van der Waals surface area contributed by atoms with Gasteiger partial charge in [0.2, 0.25) is 0 Å². The van der Waals surface area contributed by atoms with E-state index < -0.39 is 0 Å². The Balaban J connectivity index is 0. The average Bonchev–Trinajstić information content (AvgIpc) is 1.99. The summed E-state index contributed by atoms with van der Waals surface area (Å²) in [4.78, 5) is 0. The van der Waals surface area contributed by atoms with Gasteiger partial charge in [-0.3, -0.25) is 0 Å². The normalized spacial score (nSPS) is 11.4. The van der Waals surface area contributed by atoms with E-state index in [1.165, 1.54) is 0 Å². The summed E-state index contributed by atoms with van der Waals surface area (Å²) in [7, 11) is 0. The summed E-state index contributed by atoms with van der Waals surface area (Å²) in [5.41, 5.74) is 2.03. The summed E-state index contributed by atoms with van der Waals surface area (Å²) in [5, 5.41) is 10.3. The molecule has 1 aromatic rings. The van der Waals surface area contributed by atoms with Crippen molar-refractivity contribution in [1.82, 2.24) is 0 Å². The van der Waals surface area contributed by atoms with Crippen LogP contribution in [0.3, 0.4) is 0 Å². The summed E-state index contributed by atoms with van der Waals surface area (Å²) < 4.78 is 0. The molecule has 0 fully saturated rings. The third-order valence-corrected chi connectivity index (χ3v) is 2.65. The summed E-state index contributed by atoms with van der Waals surface area (Å²) >= 11 is 0. The van der Waals surface area contributed by atoms with Crippen molar-refractivity contribution in [2.45, 2.75) is 52.4 Å². The minimum absolute atomic E-state index is 0. The predicted octanol–water partition coefficient (Wildman–Crippen LogP) is 1.44. The molecule has 1 rings (SSSR count). The van der Waals surface area contributed by atoms with E-state index >= 15 is 0 Å². The van der Waals surface area contributed by atoms with E-state index in [0.717, 1.165) is 11.1 Å². The van der Waals surface area contributed by atoms with Crippen molar-refractivity contribution in [3.63, 3.8) is 0 Å². The van der Waals surface area contributed by atoms with Gasteiger partial charge in [0.15, 0.2) is 0 Å². The van der Waals surface area contributed by atoms with Crippen molar-refractivity contribution in [3.8, 4) is 5.75 Å². The molecule has 0 spiro atoms. The van der Waals surface area contributed by atoms with Gasteiger partial charge in [-0.15, -0.1) is 0 Å².